The van der Waals surface area contributed by atoms with Gasteiger partial charge in [-0.2, -0.15) is 0 Å². The molecular weight excluding hydrogens is 404 g/mol. The normalized spacial score (nSPS) is 14.1. The van der Waals surface area contributed by atoms with Crippen molar-refractivity contribution in [1.29, 1.82) is 0 Å². The summed E-state index contributed by atoms with van der Waals surface area (Å²) in [4.78, 5) is 27.2. The first-order valence-electron chi connectivity index (χ1n) is 11.5. The van der Waals surface area contributed by atoms with Gasteiger partial charge in [0.1, 0.15) is 6.61 Å². The number of nitrogens with zero attached hydrogens (tertiary/aromatic N) is 1. The highest BCUT2D eigenvalue weighted by molar-refractivity contribution is 5.95. The van der Waals surface area contributed by atoms with Crippen molar-refractivity contribution in [2.75, 3.05) is 26.7 Å². The Morgan fingerprint density at radius 3 is 2.47 bits per heavy atom. The van der Waals surface area contributed by atoms with Gasteiger partial charge in [0.15, 0.2) is 11.5 Å². The van der Waals surface area contributed by atoms with Crippen LogP contribution in [0.1, 0.15) is 54.9 Å². The van der Waals surface area contributed by atoms with Crippen LogP contribution in [0.4, 0.5) is 0 Å². The number of rotatable bonds is 10. The minimum absolute atomic E-state index is 0.0102. The summed E-state index contributed by atoms with van der Waals surface area (Å²) in [5, 5.41) is 3.04. The number of nitrogens with one attached hydrogen (secondary N) is 1. The van der Waals surface area contributed by atoms with E-state index in [1.807, 2.05) is 35.2 Å². The average molecular weight is 439 g/mol. The number of amides is 2. The molecule has 2 aromatic carbocycles. The van der Waals surface area contributed by atoms with Crippen molar-refractivity contribution < 1.29 is 19.1 Å². The third kappa shape index (κ3) is 6.49. The van der Waals surface area contributed by atoms with E-state index >= 15 is 0 Å². The van der Waals surface area contributed by atoms with Crippen LogP contribution in [0.25, 0.3) is 0 Å². The molecule has 172 valence electrons. The number of methoxy groups -OCH3 is 1. The molecule has 0 aliphatic carbocycles. The number of ether oxygens (including phenoxy) is 2. The molecule has 0 radical (unpaired) electrons. The van der Waals surface area contributed by atoms with E-state index in [1.165, 1.54) is 0 Å². The molecular formula is C26H34N2O4. The van der Waals surface area contributed by atoms with Gasteiger partial charge in [-0.3, -0.25) is 9.59 Å². The van der Waals surface area contributed by atoms with Crippen LogP contribution >= 0.6 is 0 Å². The van der Waals surface area contributed by atoms with Crippen molar-refractivity contribution in [2.24, 2.45) is 5.92 Å². The number of benzene rings is 2. The molecule has 6 nitrogen and oxygen atoms in total. The van der Waals surface area contributed by atoms with Crippen LogP contribution in [0, 0.1) is 5.92 Å². The number of carbonyl (C=O) groups excluding carboxylic acids is 2. The molecule has 0 atom stereocenters. The van der Waals surface area contributed by atoms with Gasteiger partial charge in [0.25, 0.3) is 5.91 Å². The molecule has 1 aliphatic rings. The number of piperidine rings is 1. The predicted molar refractivity (Wildman–Crippen MR) is 125 cm³/mol. The Hall–Kier alpha value is -3.02. The van der Waals surface area contributed by atoms with Gasteiger partial charge in [0.05, 0.1) is 7.11 Å². The molecule has 6 heteroatoms. The molecule has 1 fully saturated rings. The van der Waals surface area contributed by atoms with Gasteiger partial charge in [0, 0.05) is 31.1 Å². The Bertz CT molecular complexity index is 877. The van der Waals surface area contributed by atoms with Crippen LogP contribution in [-0.2, 0) is 11.4 Å². The molecule has 1 saturated heterocycles. The predicted octanol–water partition coefficient (Wildman–Crippen LogP) is 4.43. The molecule has 1 aliphatic heterocycles. The fourth-order valence-corrected chi connectivity index (χ4v) is 3.91. The van der Waals surface area contributed by atoms with Gasteiger partial charge in [-0.05, 0) is 43.0 Å². The third-order valence-corrected chi connectivity index (χ3v) is 5.88. The summed E-state index contributed by atoms with van der Waals surface area (Å²) in [6, 6.07) is 15.2. The number of hydrogen-bond donors (Lipinski definition) is 1. The molecule has 0 spiro atoms. The Balaban J connectivity index is 1.53. The maximum atomic E-state index is 13.0. The Morgan fingerprint density at radius 1 is 1.03 bits per heavy atom. The fraction of sp³-hybridized carbons (Fsp3) is 0.462. The van der Waals surface area contributed by atoms with Crippen molar-refractivity contribution in [2.45, 2.75) is 45.6 Å². The van der Waals surface area contributed by atoms with Crippen LogP contribution in [0.15, 0.2) is 48.5 Å². The van der Waals surface area contributed by atoms with Gasteiger partial charge < -0.3 is 19.7 Å². The second-order valence-electron chi connectivity index (χ2n) is 8.20. The zero-order valence-electron chi connectivity index (χ0n) is 19.1. The van der Waals surface area contributed by atoms with Crippen molar-refractivity contribution in [3.63, 3.8) is 0 Å². The van der Waals surface area contributed by atoms with Gasteiger partial charge in [-0.25, -0.2) is 0 Å². The zero-order chi connectivity index (χ0) is 22.8. The highest BCUT2D eigenvalue weighted by Crippen LogP contribution is 2.30. The van der Waals surface area contributed by atoms with E-state index in [2.05, 4.69) is 12.2 Å². The van der Waals surface area contributed by atoms with E-state index in [0.29, 0.717) is 49.6 Å². The van der Waals surface area contributed by atoms with Gasteiger partial charge in [-0.15, -0.1) is 0 Å². The lowest BCUT2D eigenvalue weighted by Gasteiger charge is -2.31. The summed E-state index contributed by atoms with van der Waals surface area (Å²) in [5.74, 6) is 1.21. The summed E-state index contributed by atoms with van der Waals surface area (Å²) in [7, 11) is 1.57. The summed E-state index contributed by atoms with van der Waals surface area (Å²) in [5.41, 5.74) is 1.63. The average Bonchev–Trinajstić information content (AvgIpc) is 2.85. The van der Waals surface area contributed by atoms with Crippen LogP contribution in [-0.4, -0.2) is 43.5 Å². The molecule has 0 unspecified atom stereocenters. The molecule has 0 bridgehead atoms. The van der Waals surface area contributed by atoms with Crippen molar-refractivity contribution in [3.8, 4) is 11.5 Å². The minimum Gasteiger partial charge on any atom is -0.493 e. The molecule has 0 aromatic heterocycles. The van der Waals surface area contributed by atoms with E-state index in [1.54, 1.807) is 25.3 Å². The van der Waals surface area contributed by atoms with Gasteiger partial charge >= 0.3 is 0 Å². The molecule has 2 amide bonds. The molecule has 0 saturated carbocycles. The lowest BCUT2D eigenvalue weighted by atomic mass is 9.95. The largest absolute Gasteiger partial charge is 0.493 e. The van der Waals surface area contributed by atoms with E-state index in [0.717, 1.165) is 31.4 Å². The third-order valence-electron chi connectivity index (χ3n) is 5.88. The first-order chi connectivity index (χ1) is 15.6. The zero-order valence-corrected chi connectivity index (χ0v) is 19.1. The van der Waals surface area contributed by atoms with Crippen LogP contribution < -0.4 is 14.8 Å². The lowest BCUT2D eigenvalue weighted by Crippen LogP contribution is -2.43. The Morgan fingerprint density at radius 2 is 1.78 bits per heavy atom. The molecule has 3 rings (SSSR count). The lowest BCUT2D eigenvalue weighted by molar-refractivity contribution is -0.126. The smallest absolute Gasteiger partial charge is 0.253 e. The van der Waals surface area contributed by atoms with Crippen molar-refractivity contribution in [3.05, 3.63) is 59.7 Å². The van der Waals surface area contributed by atoms with E-state index in [4.69, 9.17) is 9.47 Å². The maximum absolute atomic E-state index is 13.0. The first kappa shape index (κ1) is 23.6. The molecule has 32 heavy (non-hydrogen) atoms. The van der Waals surface area contributed by atoms with Crippen molar-refractivity contribution >= 4 is 11.8 Å². The van der Waals surface area contributed by atoms with Crippen molar-refractivity contribution in [1.82, 2.24) is 10.2 Å². The first-order valence-corrected chi connectivity index (χ1v) is 11.5. The van der Waals surface area contributed by atoms with E-state index in [-0.39, 0.29) is 17.7 Å². The highest BCUT2D eigenvalue weighted by atomic mass is 16.5. The summed E-state index contributed by atoms with van der Waals surface area (Å²) < 4.78 is 11.4. The quantitative estimate of drug-likeness (QED) is 0.557. The number of unbranched alkanes of at least 4 members (excludes halogenated alkanes) is 2. The molecule has 2 aromatic rings. The summed E-state index contributed by atoms with van der Waals surface area (Å²) in [6.07, 6.45) is 4.68. The van der Waals surface area contributed by atoms with E-state index in [9.17, 15) is 9.59 Å². The van der Waals surface area contributed by atoms with Crippen LogP contribution in [0.5, 0.6) is 11.5 Å². The van der Waals surface area contributed by atoms with Crippen LogP contribution in [0.3, 0.4) is 0 Å². The minimum atomic E-state index is -0.0419. The number of hydrogen-bond acceptors (Lipinski definition) is 4. The number of likely N-dealkylation sites (tertiary alicyclic amines) is 1. The maximum Gasteiger partial charge on any atom is 0.253 e. The Kier molecular flexibility index (Phi) is 8.96. The summed E-state index contributed by atoms with van der Waals surface area (Å²) in [6.45, 7) is 4.49. The van der Waals surface area contributed by atoms with Crippen LogP contribution in [0.2, 0.25) is 0 Å². The molecule has 1 N–H and O–H groups in total. The van der Waals surface area contributed by atoms with Gasteiger partial charge in [0.2, 0.25) is 5.91 Å². The highest BCUT2D eigenvalue weighted by Gasteiger charge is 2.28. The van der Waals surface area contributed by atoms with E-state index < -0.39 is 0 Å². The molecule has 1 heterocycles. The second kappa shape index (κ2) is 12.1. The number of carbonyl (C=O) groups is 2. The topological polar surface area (TPSA) is 67.9 Å². The standard InChI is InChI=1S/C26H34N2O4/c1-3-4-8-15-27-25(29)21-13-16-28(17-14-21)26(30)22-11-12-23(24(18-22)31-2)32-19-20-9-6-5-7-10-20/h5-7,9-12,18,21H,3-4,8,13-17,19H2,1-2H3,(H,27,29). The monoisotopic (exact) mass is 438 g/mol. The SMILES string of the molecule is CCCCCNC(=O)C1CCN(C(=O)c2ccc(OCc3ccccc3)c(OC)c2)CC1. The second-order valence-corrected chi connectivity index (χ2v) is 8.20. The summed E-state index contributed by atoms with van der Waals surface area (Å²) >= 11 is 0. The fourth-order valence-electron chi connectivity index (χ4n) is 3.91. The Labute approximate surface area is 190 Å². The van der Waals surface area contributed by atoms with Gasteiger partial charge in [-0.1, -0.05) is 50.1 Å².